The largest absolute Gasteiger partial charge is 0.353 e. The van der Waals surface area contributed by atoms with Crippen molar-refractivity contribution in [2.24, 2.45) is 11.8 Å². The highest BCUT2D eigenvalue weighted by molar-refractivity contribution is 9.10. The Morgan fingerprint density at radius 2 is 1.82 bits per heavy atom. The highest BCUT2D eigenvalue weighted by atomic mass is 79.9. The zero-order chi connectivity index (χ0) is 15.4. The van der Waals surface area contributed by atoms with E-state index < -0.39 is 0 Å². The van der Waals surface area contributed by atoms with Gasteiger partial charge in [0.05, 0.1) is 11.0 Å². The van der Waals surface area contributed by atoms with Crippen molar-refractivity contribution < 1.29 is 4.79 Å². The Kier molecular flexibility index (Phi) is 5.41. The average Bonchev–Trinajstić information content (AvgIpc) is 3.34. The minimum absolute atomic E-state index is 0.242. The van der Waals surface area contributed by atoms with Crippen molar-refractivity contribution in [3.63, 3.8) is 0 Å². The maximum atomic E-state index is 12.0. The second kappa shape index (κ2) is 7.51. The van der Waals surface area contributed by atoms with Gasteiger partial charge in [-0.25, -0.2) is 9.97 Å². The Morgan fingerprint density at radius 3 is 2.45 bits per heavy atom. The van der Waals surface area contributed by atoms with Crippen LogP contribution in [0.15, 0.2) is 16.9 Å². The van der Waals surface area contributed by atoms with Gasteiger partial charge >= 0.3 is 0 Å². The number of hydrogen-bond acceptors (Lipinski definition) is 4. The maximum absolute atomic E-state index is 12.0. The minimum atomic E-state index is 0.242. The molecule has 0 atom stereocenters. The Hall–Kier alpha value is -1.01. The fraction of sp³-hybridized carbons (Fsp3) is 0.688. The summed E-state index contributed by atoms with van der Waals surface area (Å²) in [5, 5.41) is 6.57. The van der Waals surface area contributed by atoms with E-state index in [9.17, 15) is 4.79 Å². The highest BCUT2D eigenvalue weighted by Gasteiger charge is 2.30. The number of halogens is 1. The van der Waals surface area contributed by atoms with E-state index in [1.54, 1.807) is 12.4 Å². The smallest absolute Gasteiger partial charge is 0.223 e. The fourth-order valence-corrected chi connectivity index (χ4v) is 3.20. The zero-order valence-electron chi connectivity index (χ0n) is 12.7. The minimum Gasteiger partial charge on any atom is -0.353 e. The molecule has 2 N–H and O–H groups in total. The predicted molar refractivity (Wildman–Crippen MR) is 88.1 cm³/mol. The Morgan fingerprint density at radius 1 is 1.14 bits per heavy atom. The Labute approximate surface area is 139 Å². The number of amides is 1. The van der Waals surface area contributed by atoms with Gasteiger partial charge in [0.15, 0.2) is 0 Å². The normalized spacial score (nSPS) is 25.0. The number of nitrogens with one attached hydrogen (secondary N) is 2. The van der Waals surface area contributed by atoms with Crippen molar-refractivity contribution in [3.05, 3.63) is 22.7 Å². The summed E-state index contributed by atoms with van der Waals surface area (Å²) in [6.07, 6.45) is 10.2. The van der Waals surface area contributed by atoms with Crippen LogP contribution in [0.2, 0.25) is 0 Å². The SMILES string of the molecule is O=C(NC1CC1)C1CCC(CNCc2ncc(Br)cn2)CC1. The van der Waals surface area contributed by atoms with Gasteiger partial charge in [-0.3, -0.25) is 4.79 Å². The summed E-state index contributed by atoms with van der Waals surface area (Å²) in [6, 6.07) is 0.484. The fourth-order valence-electron chi connectivity index (χ4n) is 2.99. The lowest BCUT2D eigenvalue weighted by Gasteiger charge is -2.28. The van der Waals surface area contributed by atoms with Gasteiger partial charge in [0, 0.05) is 24.4 Å². The van der Waals surface area contributed by atoms with E-state index in [2.05, 4.69) is 36.5 Å². The van der Waals surface area contributed by atoms with E-state index in [4.69, 9.17) is 0 Å². The number of rotatable bonds is 6. The first-order valence-electron chi connectivity index (χ1n) is 8.18. The van der Waals surface area contributed by atoms with E-state index in [0.717, 1.165) is 42.5 Å². The van der Waals surface area contributed by atoms with Crippen LogP contribution in [0, 0.1) is 11.8 Å². The lowest BCUT2D eigenvalue weighted by molar-refractivity contribution is -0.126. The van der Waals surface area contributed by atoms with E-state index in [0.29, 0.717) is 18.5 Å². The Balaban J connectivity index is 1.33. The molecule has 2 aliphatic rings. The third-order valence-electron chi connectivity index (χ3n) is 4.53. The van der Waals surface area contributed by atoms with Crippen molar-refractivity contribution in [1.29, 1.82) is 0 Å². The van der Waals surface area contributed by atoms with Crippen LogP contribution in [0.5, 0.6) is 0 Å². The van der Waals surface area contributed by atoms with E-state index in [1.807, 2.05) is 0 Å². The molecular weight excluding hydrogens is 344 g/mol. The predicted octanol–water partition coefficient (Wildman–Crippen LogP) is 2.41. The molecule has 0 bridgehead atoms. The second-order valence-electron chi connectivity index (χ2n) is 6.45. The summed E-state index contributed by atoms with van der Waals surface area (Å²) in [6.45, 7) is 1.69. The molecule has 1 aromatic heterocycles. The van der Waals surface area contributed by atoms with Crippen LogP contribution in [-0.4, -0.2) is 28.5 Å². The summed E-state index contributed by atoms with van der Waals surface area (Å²) in [5.41, 5.74) is 0. The van der Waals surface area contributed by atoms with Gasteiger partial charge in [0.1, 0.15) is 5.82 Å². The number of carbonyl (C=O) groups excluding carboxylic acids is 1. The zero-order valence-corrected chi connectivity index (χ0v) is 14.3. The van der Waals surface area contributed by atoms with Crippen molar-refractivity contribution in [2.75, 3.05) is 6.54 Å². The molecule has 120 valence electrons. The molecule has 0 aromatic carbocycles. The summed E-state index contributed by atoms with van der Waals surface area (Å²) in [7, 11) is 0. The van der Waals surface area contributed by atoms with Crippen molar-refractivity contribution in [1.82, 2.24) is 20.6 Å². The van der Waals surface area contributed by atoms with Crippen LogP contribution >= 0.6 is 15.9 Å². The standard InChI is InChI=1S/C16H23BrN4O/c17-13-8-19-15(20-9-13)10-18-7-11-1-3-12(4-2-11)16(22)21-14-5-6-14/h8-9,11-12,14,18H,1-7,10H2,(H,21,22). The van der Waals surface area contributed by atoms with Gasteiger partial charge < -0.3 is 10.6 Å². The first-order valence-corrected chi connectivity index (χ1v) is 8.97. The number of nitrogens with zero attached hydrogens (tertiary/aromatic N) is 2. The van der Waals surface area contributed by atoms with Crippen LogP contribution in [-0.2, 0) is 11.3 Å². The molecule has 0 spiro atoms. The van der Waals surface area contributed by atoms with E-state index in [-0.39, 0.29) is 11.8 Å². The topological polar surface area (TPSA) is 66.9 Å². The molecule has 22 heavy (non-hydrogen) atoms. The van der Waals surface area contributed by atoms with Crippen molar-refractivity contribution >= 4 is 21.8 Å². The summed E-state index contributed by atoms with van der Waals surface area (Å²) in [5.74, 6) is 2.02. The van der Waals surface area contributed by atoms with Crippen LogP contribution < -0.4 is 10.6 Å². The molecule has 3 rings (SSSR count). The van der Waals surface area contributed by atoms with Gasteiger partial charge in [0.25, 0.3) is 0 Å². The molecule has 2 aliphatic carbocycles. The molecule has 2 saturated carbocycles. The first kappa shape index (κ1) is 15.9. The van der Waals surface area contributed by atoms with Crippen LogP contribution in [0.25, 0.3) is 0 Å². The van der Waals surface area contributed by atoms with Crippen LogP contribution in [0.3, 0.4) is 0 Å². The summed E-state index contributed by atoms with van der Waals surface area (Å²) in [4.78, 5) is 20.5. The van der Waals surface area contributed by atoms with Crippen molar-refractivity contribution in [3.8, 4) is 0 Å². The molecular formula is C16H23BrN4O. The van der Waals surface area contributed by atoms with Crippen LogP contribution in [0.1, 0.15) is 44.3 Å². The third-order valence-corrected chi connectivity index (χ3v) is 4.94. The molecule has 5 nitrogen and oxygen atoms in total. The van der Waals surface area contributed by atoms with Gasteiger partial charge in [-0.05, 0) is 66.9 Å². The van der Waals surface area contributed by atoms with Gasteiger partial charge in [-0.15, -0.1) is 0 Å². The molecule has 1 heterocycles. The molecule has 1 amide bonds. The van der Waals surface area contributed by atoms with Gasteiger partial charge in [-0.2, -0.15) is 0 Å². The van der Waals surface area contributed by atoms with Crippen molar-refractivity contribution in [2.45, 2.75) is 51.1 Å². The molecule has 0 unspecified atom stereocenters. The summed E-state index contributed by atoms with van der Waals surface area (Å²) >= 11 is 3.33. The monoisotopic (exact) mass is 366 g/mol. The molecule has 6 heteroatoms. The number of carbonyl (C=O) groups is 1. The quantitative estimate of drug-likeness (QED) is 0.811. The second-order valence-corrected chi connectivity index (χ2v) is 7.36. The molecule has 1 aromatic rings. The number of hydrogen-bond donors (Lipinski definition) is 2. The van der Waals surface area contributed by atoms with Gasteiger partial charge in [-0.1, -0.05) is 0 Å². The van der Waals surface area contributed by atoms with E-state index in [1.165, 1.54) is 12.8 Å². The summed E-state index contributed by atoms with van der Waals surface area (Å²) < 4.78 is 0.902. The molecule has 2 fully saturated rings. The van der Waals surface area contributed by atoms with Crippen LogP contribution in [0.4, 0.5) is 0 Å². The molecule has 0 aliphatic heterocycles. The maximum Gasteiger partial charge on any atom is 0.223 e. The van der Waals surface area contributed by atoms with E-state index >= 15 is 0 Å². The molecule has 0 radical (unpaired) electrons. The van der Waals surface area contributed by atoms with Gasteiger partial charge in [0.2, 0.25) is 5.91 Å². The lowest BCUT2D eigenvalue weighted by Crippen LogP contribution is -2.36. The molecule has 0 saturated heterocycles. The third kappa shape index (κ3) is 4.74. The first-order chi connectivity index (χ1) is 10.7. The average molecular weight is 367 g/mol. The number of aromatic nitrogens is 2. The Bertz CT molecular complexity index is 495. The lowest BCUT2D eigenvalue weighted by atomic mass is 9.81. The highest BCUT2D eigenvalue weighted by Crippen LogP contribution is 2.29.